The summed E-state index contributed by atoms with van der Waals surface area (Å²) in [4.78, 5) is 43.2. The molecule has 7 heteroatoms. The maximum atomic E-state index is 12.8. The summed E-state index contributed by atoms with van der Waals surface area (Å²) in [5.74, 6) is -1.20. The molecule has 0 radical (unpaired) electrons. The Morgan fingerprint density at radius 1 is 1.00 bits per heavy atom. The van der Waals surface area contributed by atoms with Crippen molar-refractivity contribution < 1.29 is 14.4 Å². The van der Waals surface area contributed by atoms with Gasteiger partial charge in [0.25, 0.3) is 17.7 Å². The van der Waals surface area contributed by atoms with Gasteiger partial charge in [0.2, 0.25) is 0 Å². The monoisotopic (exact) mass is 439 g/mol. The van der Waals surface area contributed by atoms with Crippen molar-refractivity contribution in [3.05, 3.63) is 95.4 Å². The molecule has 32 heavy (non-hydrogen) atoms. The molecule has 0 aliphatic carbocycles. The predicted molar refractivity (Wildman–Crippen MR) is 125 cm³/mol. The first-order valence-corrected chi connectivity index (χ1v) is 10.8. The second-order valence-corrected chi connectivity index (χ2v) is 8.18. The lowest BCUT2D eigenvalue weighted by atomic mass is 10.1. The molecular formula is C25H17N3O3S. The molecule has 1 aliphatic rings. The highest BCUT2D eigenvalue weighted by atomic mass is 32.1. The maximum Gasteiger partial charge on any atom is 0.261 e. The minimum absolute atomic E-state index is 0.130. The average molecular weight is 439 g/mol. The molecule has 0 fully saturated rings. The van der Waals surface area contributed by atoms with E-state index < -0.39 is 11.8 Å². The number of thiazole rings is 1. The lowest BCUT2D eigenvalue weighted by Crippen LogP contribution is -2.29. The summed E-state index contributed by atoms with van der Waals surface area (Å²) in [6, 6.07) is 18.7. The van der Waals surface area contributed by atoms with Crippen LogP contribution in [-0.4, -0.2) is 34.2 Å². The number of anilines is 1. The summed E-state index contributed by atoms with van der Waals surface area (Å²) in [5.41, 5.74) is 2.53. The lowest BCUT2D eigenvalue weighted by Gasteiger charge is -2.09. The summed E-state index contributed by atoms with van der Waals surface area (Å²) in [7, 11) is 0. The normalized spacial score (nSPS) is 12.8. The summed E-state index contributed by atoms with van der Waals surface area (Å²) in [5, 5.41) is 7.39. The number of amides is 3. The number of fused-ring (bicyclic) bond motifs is 2. The molecule has 0 spiro atoms. The molecule has 156 valence electrons. The molecule has 3 aromatic carbocycles. The number of nitrogens with one attached hydrogen (secondary N) is 1. The summed E-state index contributed by atoms with van der Waals surface area (Å²) >= 11 is 1.32. The fourth-order valence-corrected chi connectivity index (χ4v) is 4.42. The smallest absolute Gasteiger partial charge is 0.261 e. The highest BCUT2D eigenvalue weighted by Gasteiger charge is 2.35. The van der Waals surface area contributed by atoms with Gasteiger partial charge in [0.15, 0.2) is 5.13 Å². The summed E-state index contributed by atoms with van der Waals surface area (Å²) in [6.07, 6.45) is 1.49. The first-order chi connectivity index (χ1) is 15.5. The number of imide groups is 1. The van der Waals surface area contributed by atoms with Crippen LogP contribution in [0.25, 0.3) is 22.0 Å². The Balaban J connectivity index is 1.36. The van der Waals surface area contributed by atoms with Gasteiger partial charge in [-0.1, -0.05) is 42.5 Å². The number of aromatic nitrogens is 1. The van der Waals surface area contributed by atoms with Crippen LogP contribution in [0.4, 0.5) is 5.13 Å². The van der Waals surface area contributed by atoms with Crippen molar-refractivity contribution in [1.29, 1.82) is 0 Å². The van der Waals surface area contributed by atoms with Gasteiger partial charge in [-0.3, -0.25) is 24.6 Å². The third-order valence-electron chi connectivity index (χ3n) is 5.31. The Kier molecular flexibility index (Phi) is 4.88. The highest BCUT2D eigenvalue weighted by molar-refractivity contribution is 7.14. The zero-order valence-electron chi connectivity index (χ0n) is 16.9. The van der Waals surface area contributed by atoms with E-state index in [2.05, 4.69) is 29.0 Å². The van der Waals surface area contributed by atoms with Crippen LogP contribution in [0.1, 0.15) is 31.1 Å². The fraction of sp³-hybridized carbons (Fsp3) is 0.0400. The Labute approximate surface area is 187 Å². The SMILES string of the molecule is C=CCN1C(=O)c2ccc(C(=O)Nc3nc(-c4ccc5ccccc5c4)cs3)cc2C1=O. The zero-order valence-corrected chi connectivity index (χ0v) is 17.7. The second kappa shape index (κ2) is 7.86. The standard InChI is InChI=1S/C25H17N3O3S/c1-2-11-28-23(30)19-10-9-18(13-20(19)24(28)31)22(29)27-25-26-21(14-32-25)17-8-7-15-5-3-4-6-16(15)12-17/h2-10,12-14H,1,11H2,(H,26,27,29). The van der Waals surface area contributed by atoms with Crippen molar-refractivity contribution in [2.75, 3.05) is 11.9 Å². The number of nitrogens with zero attached hydrogens (tertiary/aromatic N) is 2. The third kappa shape index (κ3) is 3.38. The summed E-state index contributed by atoms with van der Waals surface area (Å²) < 4.78 is 0. The molecule has 5 rings (SSSR count). The van der Waals surface area contributed by atoms with Crippen LogP contribution in [0, 0.1) is 0 Å². The van der Waals surface area contributed by atoms with Crippen LogP contribution in [0.15, 0.2) is 78.7 Å². The molecule has 4 aromatic rings. The van der Waals surface area contributed by atoms with Crippen LogP contribution in [0.5, 0.6) is 0 Å². The van der Waals surface area contributed by atoms with Crippen molar-refractivity contribution in [3.63, 3.8) is 0 Å². The van der Waals surface area contributed by atoms with E-state index in [9.17, 15) is 14.4 Å². The van der Waals surface area contributed by atoms with Gasteiger partial charge >= 0.3 is 0 Å². The Hall–Kier alpha value is -4.10. The van der Waals surface area contributed by atoms with E-state index in [1.807, 2.05) is 35.7 Å². The number of hydrogen-bond donors (Lipinski definition) is 1. The third-order valence-corrected chi connectivity index (χ3v) is 6.07. The molecule has 0 saturated carbocycles. The van der Waals surface area contributed by atoms with E-state index in [1.54, 1.807) is 0 Å². The molecule has 1 aliphatic heterocycles. The fourth-order valence-electron chi connectivity index (χ4n) is 3.71. The van der Waals surface area contributed by atoms with E-state index in [-0.39, 0.29) is 23.6 Å². The molecule has 1 aromatic heterocycles. The zero-order chi connectivity index (χ0) is 22.2. The van der Waals surface area contributed by atoms with Crippen molar-refractivity contribution in [2.45, 2.75) is 0 Å². The topological polar surface area (TPSA) is 79.4 Å². The first-order valence-electron chi connectivity index (χ1n) is 9.92. The average Bonchev–Trinajstić information content (AvgIpc) is 3.37. The molecule has 0 saturated heterocycles. The van der Waals surface area contributed by atoms with Gasteiger partial charge in [-0.25, -0.2) is 4.98 Å². The van der Waals surface area contributed by atoms with Gasteiger partial charge in [-0.05, 0) is 35.0 Å². The Bertz CT molecular complexity index is 1420. The molecule has 0 atom stereocenters. The second-order valence-electron chi connectivity index (χ2n) is 7.32. The van der Waals surface area contributed by atoms with Crippen molar-refractivity contribution >= 4 is 45.0 Å². The van der Waals surface area contributed by atoms with E-state index >= 15 is 0 Å². The largest absolute Gasteiger partial charge is 0.298 e. The van der Waals surface area contributed by atoms with E-state index in [1.165, 1.54) is 35.6 Å². The molecule has 1 N–H and O–H groups in total. The van der Waals surface area contributed by atoms with Gasteiger partial charge in [-0.15, -0.1) is 17.9 Å². The highest BCUT2D eigenvalue weighted by Crippen LogP contribution is 2.29. The van der Waals surface area contributed by atoms with Gasteiger partial charge in [-0.2, -0.15) is 0 Å². The Morgan fingerprint density at radius 3 is 2.59 bits per heavy atom. The quantitative estimate of drug-likeness (QED) is 0.351. The predicted octanol–water partition coefficient (Wildman–Crippen LogP) is 5.00. The molecular weight excluding hydrogens is 422 g/mol. The van der Waals surface area contributed by atoms with E-state index in [0.717, 1.165) is 26.9 Å². The maximum absolute atomic E-state index is 12.8. The van der Waals surface area contributed by atoms with Crippen molar-refractivity contribution in [3.8, 4) is 11.3 Å². The van der Waals surface area contributed by atoms with Crippen LogP contribution in [0.3, 0.4) is 0 Å². The van der Waals surface area contributed by atoms with Crippen LogP contribution in [0.2, 0.25) is 0 Å². The number of carbonyl (C=O) groups is 3. The van der Waals surface area contributed by atoms with E-state index in [4.69, 9.17) is 0 Å². The van der Waals surface area contributed by atoms with Gasteiger partial charge in [0.05, 0.1) is 16.8 Å². The van der Waals surface area contributed by atoms with Crippen molar-refractivity contribution in [1.82, 2.24) is 9.88 Å². The minimum Gasteiger partial charge on any atom is -0.298 e. The van der Waals surface area contributed by atoms with E-state index in [0.29, 0.717) is 10.7 Å². The van der Waals surface area contributed by atoms with Crippen LogP contribution in [-0.2, 0) is 0 Å². The molecule has 0 bridgehead atoms. The van der Waals surface area contributed by atoms with Crippen molar-refractivity contribution in [2.24, 2.45) is 0 Å². The molecule has 6 nitrogen and oxygen atoms in total. The van der Waals surface area contributed by atoms with Crippen LogP contribution < -0.4 is 5.32 Å². The number of carbonyl (C=O) groups excluding carboxylic acids is 3. The molecule has 3 amide bonds. The number of hydrogen-bond acceptors (Lipinski definition) is 5. The lowest BCUT2D eigenvalue weighted by molar-refractivity contribution is 0.0672. The van der Waals surface area contributed by atoms with Gasteiger partial charge in [0, 0.05) is 23.1 Å². The van der Waals surface area contributed by atoms with Gasteiger partial charge < -0.3 is 0 Å². The Morgan fingerprint density at radius 2 is 1.78 bits per heavy atom. The molecule has 2 heterocycles. The summed E-state index contributed by atoms with van der Waals surface area (Å²) in [6.45, 7) is 3.70. The number of benzene rings is 3. The minimum atomic E-state index is -0.424. The van der Waals surface area contributed by atoms with Gasteiger partial charge in [0.1, 0.15) is 0 Å². The first kappa shape index (κ1) is 19.8. The van der Waals surface area contributed by atoms with Crippen LogP contribution >= 0.6 is 11.3 Å². The number of rotatable bonds is 5. The molecule has 0 unspecified atom stereocenters.